The molecule has 0 aromatic carbocycles. The van der Waals surface area contributed by atoms with Gasteiger partial charge in [0.25, 0.3) is 0 Å². The highest BCUT2D eigenvalue weighted by atomic mass is 32.2. The van der Waals surface area contributed by atoms with E-state index in [9.17, 15) is 14.3 Å². The Hall–Kier alpha value is -1.15. The van der Waals surface area contributed by atoms with Crippen molar-refractivity contribution in [1.29, 1.82) is 0 Å². The van der Waals surface area contributed by atoms with Crippen LogP contribution in [0.15, 0.2) is 23.2 Å². The third kappa shape index (κ3) is 2.65. The molecule has 178 valence electrons. The number of fused-ring (bicyclic) bond motifs is 6. The van der Waals surface area contributed by atoms with Crippen molar-refractivity contribution in [2.75, 3.05) is 6.01 Å². The molecule has 9 atom stereocenters. The van der Waals surface area contributed by atoms with Crippen LogP contribution >= 0.6 is 11.8 Å². The fourth-order valence-corrected chi connectivity index (χ4v) is 8.67. The fourth-order valence-electron chi connectivity index (χ4n) is 7.56. The van der Waals surface area contributed by atoms with Gasteiger partial charge in [0.15, 0.2) is 11.4 Å². The summed E-state index contributed by atoms with van der Waals surface area (Å²) < 4.78 is 58.1. The number of aliphatic hydroxyl groups excluding tert-OH is 1. The van der Waals surface area contributed by atoms with E-state index in [2.05, 4.69) is 0 Å². The fraction of sp³-hybridized carbons (Fsp3) is 0.792. The second-order valence-corrected chi connectivity index (χ2v) is 11.6. The van der Waals surface area contributed by atoms with Crippen LogP contribution in [0, 0.1) is 22.7 Å². The Labute approximate surface area is 191 Å². The minimum atomic E-state index is -2.22. The molecule has 1 aliphatic heterocycles. The molecule has 1 heterocycles. The SMILES string of the molecule is CCCC1OC2=C(O1)[C@@]1(C)C(=CC2=O)[C@@H](F)C[C@H]2[C@@H]3CC[C@@H](SCF)[C@@]3(C)C[C@H](O)[C@@]21F. The zero-order valence-electron chi connectivity index (χ0n) is 18.7. The molecule has 0 spiro atoms. The van der Waals surface area contributed by atoms with Crippen molar-refractivity contribution in [2.24, 2.45) is 22.7 Å². The monoisotopic (exact) mass is 472 g/mol. The van der Waals surface area contributed by atoms with Gasteiger partial charge in [-0.1, -0.05) is 13.8 Å². The van der Waals surface area contributed by atoms with Gasteiger partial charge in [-0.2, -0.15) is 0 Å². The van der Waals surface area contributed by atoms with E-state index in [-0.39, 0.29) is 41.1 Å². The van der Waals surface area contributed by atoms with Gasteiger partial charge in [0.2, 0.25) is 17.8 Å². The number of aliphatic hydroxyl groups is 1. The lowest BCUT2D eigenvalue weighted by molar-refractivity contribution is -0.207. The first-order chi connectivity index (χ1) is 15.1. The Morgan fingerprint density at radius 3 is 2.69 bits per heavy atom. The molecule has 0 bridgehead atoms. The van der Waals surface area contributed by atoms with Crippen LogP contribution in [0.4, 0.5) is 13.2 Å². The summed E-state index contributed by atoms with van der Waals surface area (Å²) >= 11 is 1.20. The Bertz CT molecular complexity index is 892. The number of halogens is 3. The topological polar surface area (TPSA) is 55.8 Å². The van der Waals surface area contributed by atoms with Gasteiger partial charge in [-0.05, 0) is 62.0 Å². The highest BCUT2D eigenvalue weighted by Crippen LogP contribution is 2.71. The highest BCUT2D eigenvalue weighted by Gasteiger charge is 2.75. The summed E-state index contributed by atoms with van der Waals surface area (Å²) in [6.07, 6.45) is 0.222. The maximum Gasteiger partial charge on any atom is 0.241 e. The molecule has 0 radical (unpaired) electrons. The summed E-state index contributed by atoms with van der Waals surface area (Å²) in [6.45, 7) is 5.49. The molecule has 3 fully saturated rings. The molecule has 8 heteroatoms. The van der Waals surface area contributed by atoms with Gasteiger partial charge in [0.05, 0.1) is 11.5 Å². The van der Waals surface area contributed by atoms with E-state index in [1.54, 1.807) is 6.92 Å². The highest BCUT2D eigenvalue weighted by molar-refractivity contribution is 7.99. The third-order valence-electron chi connectivity index (χ3n) is 9.07. The molecule has 0 amide bonds. The number of thioether (sulfide) groups is 1. The van der Waals surface area contributed by atoms with E-state index < -0.39 is 52.8 Å². The van der Waals surface area contributed by atoms with Crippen LogP contribution in [-0.2, 0) is 14.3 Å². The summed E-state index contributed by atoms with van der Waals surface area (Å²) in [5.41, 5.74) is -4.29. The number of ketones is 1. The normalized spacial score (nSPS) is 49.5. The van der Waals surface area contributed by atoms with Crippen molar-refractivity contribution in [1.82, 2.24) is 0 Å². The number of allylic oxidation sites excluding steroid dienone is 2. The molecule has 32 heavy (non-hydrogen) atoms. The molecule has 5 aliphatic rings. The molecule has 0 saturated heterocycles. The molecule has 0 aromatic heterocycles. The predicted octanol–water partition coefficient (Wildman–Crippen LogP) is 5.16. The predicted molar refractivity (Wildman–Crippen MR) is 115 cm³/mol. The maximum absolute atomic E-state index is 17.5. The Balaban J connectivity index is 1.61. The van der Waals surface area contributed by atoms with Crippen LogP contribution in [0.1, 0.15) is 59.3 Å². The van der Waals surface area contributed by atoms with Crippen molar-refractivity contribution in [3.63, 3.8) is 0 Å². The average Bonchev–Trinajstić information content (AvgIpc) is 3.30. The van der Waals surface area contributed by atoms with E-state index in [1.165, 1.54) is 11.8 Å². The Morgan fingerprint density at radius 2 is 2.00 bits per heavy atom. The minimum Gasteiger partial charge on any atom is -0.454 e. The minimum absolute atomic E-state index is 0.0311. The van der Waals surface area contributed by atoms with Gasteiger partial charge in [0, 0.05) is 17.6 Å². The van der Waals surface area contributed by atoms with Crippen molar-refractivity contribution < 1.29 is 32.5 Å². The van der Waals surface area contributed by atoms with E-state index >= 15 is 8.78 Å². The van der Waals surface area contributed by atoms with Gasteiger partial charge >= 0.3 is 0 Å². The van der Waals surface area contributed by atoms with Crippen LogP contribution in [0.3, 0.4) is 0 Å². The summed E-state index contributed by atoms with van der Waals surface area (Å²) in [5, 5.41) is 11.3. The van der Waals surface area contributed by atoms with Crippen LogP contribution < -0.4 is 0 Å². The van der Waals surface area contributed by atoms with Gasteiger partial charge < -0.3 is 14.6 Å². The van der Waals surface area contributed by atoms with E-state index in [1.807, 2.05) is 13.8 Å². The van der Waals surface area contributed by atoms with Crippen molar-refractivity contribution >= 4 is 17.5 Å². The summed E-state index contributed by atoms with van der Waals surface area (Å²) in [4.78, 5) is 12.7. The van der Waals surface area contributed by atoms with Crippen molar-refractivity contribution in [2.45, 2.75) is 88.8 Å². The summed E-state index contributed by atoms with van der Waals surface area (Å²) in [7, 11) is 0. The van der Waals surface area contributed by atoms with Crippen LogP contribution in [0.5, 0.6) is 0 Å². The molecular weight excluding hydrogens is 441 g/mol. The second kappa shape index (κ2) is 7.42. The first kappa shape index (κ1) is 22.6. The number of alkyl halides is 3. The van der Waals surface area contributed by atoms with Crippen LogP contribution in [-0.4, -0.2) is 46.4 Å². The standard InChI is InChI=1S/C24H31F3O4S/c1-4-5-19-30-20-16(28)9-14-15(26)8-13-12-6-7-18(32-11-25)22(12,2)10-17(29)24(13,27)23(14,3)21(20)31-19/h9,12-13,15,17-19,29H,4-8,10-11H2,1-3H3/t12-,13-,15-,17-,18+,19?,22-,23+,24-/m0/s1. The van der Waals surface area contributed by atoms with Gasteiger partial charge in [-0.3, -0.25) is 4.79 Å². The van der Waals surface area contributed by atoms with E-state index in [0.29, 0.717) is 12.8 Å². The number of carbonyl (C=O) groups is 1. The first-order valence-corrected chi connectivity index (χ1v) is 12.7. The number of hydrogen-bond acceptors (Lipinski definition) is 5. The maximum atomic E-state index is 17.5. The van der Waals surface area contributed by atoms with Gasteiger partial charge in [-0.25, -0.2) is 13.2 Å². The molecular formula is C24H31F3O4S. The van der Waals surface area contributed by atoms with E-state index in [4.69, 9.17) is 9.47 Å². The zero-order chi connectivity index (χ0) is 23.1. The van der Waals surface area contributed by atoms with Crippen LogP contribution in [0.25, 0.3) is 0 Å². The number of ether oxygens (including phenoxy) is 2. The van der Waals surface area contributed by atoms with Crippen molar-refractivity contribution in [3.8, 4) is 0 Å². The molecule has 4 aliphatic carbocycles. The smallest absolute Gasteiger partial charge is 0.241 e. The number of carbonyl (C=O) groups excluding carboxylic acids is 1. The van der Waals surface area contributed by atoms with Gasteiger partial charge in [-0.15, -0.1) is 11.8 Å². The molecule has 1 N–H and O–H groups in total. The summed E-state index contributed by atoms with van der Waals surface area (Å²) in [5.74, 6) is -1.49. The van der Waals surface area contributed by atoms with Crippen molar-refractivity contribution in [3.05, 3.63) is 23.2 Å². The van der Waals surface area contributed by atoms with E-state index in [0.717, 1.165) is 18.9 Å². The van der Waals surface area contributed by atoms with Crippen LogP contribution in [0.2, 0.25) is 0 Å². The first-order valence-electron chi connectivity index (χ1n) is 11.7. The average molecular weight is 473 g/mol. The zero-order valence-corrected chi connectivity index (χ0v) is 19.5. The Kier molecular flexibility index (Phi) is 5.25. The second-order valence-electron chi connectivity index (χ2n) is 10.5. The lowest BCUT2D eigenvalue weighted by Gasteiger charge is -2.62. The molecule has 0 aromatic rings. The number of hydrogen-bond donors (Lipinski definition) is 1. The summed E-state index contributed by atoms with van der Waals surface area (Å²) in [6, 6.07) is -0.535. The third-order valence-corrected chi connectivity index (χ3v) is 10.4. The quantitative estimate of drug-likeness (QED) is 0.612. The lowest BCUT2D eigenvalue weighted by atomic mass is 9.45. The lowest BCUT2D eigenvalue weighted by Crippen LogP contribution is -2.69. The Morgan fingerprint density at radius 1 is 1.25 bits per heavy atom. The molecule has 4 nitrogen and oxygen atoms in total. The van der Waals surface area contributed by atoms with Gasteiger partial charge in [0.1, 0.15) is 12.2 Å². The molecule has 1 unspecified atom stereocenters. The largest absolute Gasteiger partial charge is 0.454 e. The number of rotatable bonds is 4. The molecule has 3 saturated carbocycles. The molecule has 5 rings (SSSR count).